The predicted molar refractivity (Wildman–Crippen MR) is 84.4 cm³/mol. The zero-order chi connectivity index (χ0) is 15.7. The molecule has 0 aromatic heterocycles. The van der Waals surface area contributed by atoms with Gasteiger partial charge in [-0.1, -0.05) is 0 Å². The molecule has 0 heterocycles. The Morgan fingerprint density at radius 2 is 2.05 bits per heavy atom. The van der Waals surface area contributed by atoms with E-state index < -0.39 is 5.91 Å². The van der Waals surface area contributed by atoms with E-state index in [0.717, 1.165) is 13.0 Å². The number of carbonyl (C=O) groups is 1. The molecule has 112 valence electrons. The van der Waals surface area contributed by atoms with Crippen molar-refractivity contribution in [2.75, 3.05) is 38.2 Å². The Balaban J connectivity index is 2.49. The van der Waals surface area contributed by atoms with Crippen LogP contribution in [-0.4, -0.2) is 38.0 Å². The molecule has 1 amide bonds. The van der Waals surface area contributed by atoms with Crippen LogP contribution in [0.2, 0.25) is 0 Å². The van der Waals surface area contributed by atoms with E-state index in [-0.39, 0.29) is 5.57 Å². The molecule has 0 spiro atoms. The summed E-state index contributed by atoms with van der Waals surface area (Å²) in [6.45, 7) is 1.65. The van der Waals surface area contributed by atoms with E-state index in [1.807, 2.05) is 20.2 Å². The van der Waals surface area contributed by atoms with Crippen molar-refractivity contribution < 1.29 is 4.79 Å². The van der Waals surface area contributed by atoms with Crippen LogP contribution in [0.4, 0.5) is 11.4 Å². The topological polar surface area (TPSA) is 94.2 Å². The number of carbonyl (C=O) groups excluding carboxylic acids is 1. The van der Waals surface area contributed by atoms with Crippen molar-refractivity contribution in [3.63, 3.8) is 0 Å². The molecule has 0 unspecified atom stereocenters. The second-order valence-electron chi connectivity index (χ2n) is 4.86. The largest absolute Gasteiger partial charge is 0.399 e. The summed E-state index contributed by atoms with van der Waals surface area (Å²) < 4.78 is 0. The van der Waals surface area contributed by atoms with Crippen molar-refractivity contribution in [1.29, 1.82) is 5.26 Å². The maximum atomic E-state index is 11.9. The Morgan fingerprint density at radius 1 is 1.38 bits per heavy atom. The van der Waals surface area contributed by atoms with Gasteiger partial charge in [0.2, 0.25) is 0 Å². The second kappa shape index (κ2) is 8.61. The molecule has 0 bridgehead atoms. The molecule has 0 saturated heterocycles. The van der Waals surface area contributed by atoms with Gasteiger partial charge < -0.3 is 21.3 Å². The number of rotatable bonds is 7. The molecule has 6 heteroatoms. The minimum atomic E-state index is -0.442. The molecule has 0 fully saturated rings. The number of nitrogens with two attached hydrogens (primary N) is 1. The first kappa shape index (κ1) is 16.5. The van der Waals surface area contributed by atoms with Gasteiger partial charge >= 0.3 is 0 Å². The minimum Gasteiger partial charge on any atom is -0.399 e. The molecule has 0 aliphatic heterocycles. The van der Waals surface area contributed by atoms with E-state index in [1.165, 1.54) is 6.20 Å². The molecule has 0 aliphatic carbocycles. The number of nitrogens with zero attached hydrogens (tertiary/aromatic N) is 2. The summed E-state index contributed by atoms with van der Waals surface area (Å²) in [5.74, 6) is -0.442. The maximum absolute atomic E-state index is 11.9. The average molecular weight is 287 g/mol. The van der Waals surface area contributed by atoms with Gasteiger partial charge in [-0.2, -0.15) is 5.26 Å². The zero-order valence-corrected chi connectivity index (χ0v) is 12.4. The fourth-order valence-corrected chi connectivity index (χ4v) is 1.59. The molecule has 4 N–H and O–H groups in total. The van der Waals surface area contributed by atoms with Crippen LogP contribution in [0.25, 0.3) is 0 Å². The van der Waals surface area contributed by atoms with Crippen LogP contribution in [0.3, 0.4) is 0 Å². The van der Waals surface area contributed by atoms with Gasteiger partial charge in [-0.05, 0) is 51.3 Å². The van der Waals surface area contributed by atoms with Crippen LogP contribution >= 0.6 is 0 Å². The maximum Gasteiger partial charge on any atom is 0.267 e. The summed E-state index contributed by atoms with van der Waals surface area (Å²) in [6.07, 6.45) is 2.38. The van der Waals surface area contributed by atoms with Crippen LogP contribution < -0.4 is 16.4 Å². The number of nitrogens with one attached hydrogen (secondary N) is 2. The van der Waals surface area contributed by atoms with Gasteiger partial charge in [0.25, 0.3) is 5.91 Å². The third-order valence-electron chi connectivity index (χ3n) is 2.71. The molecular weight excluding hydrogens is 266 g/mol. The number of hydrogen-bond acceptors (Lipinski definition) is 5. The lowest BCUT2D eigenvalue weighted by atomic mass is 10.2. The van der Waals surface area contributed by atoms with Gasteiger partial charge in [-0.3, -0.25) is 4.79 Å². The monoisotopic (exact) mass is 287 g/mol. The standard InChI is InChI=1S/C15H21N5O/c1-20(2)9-3-8-18-11-12(10-16)15(21)19-14-6-4-13(17)5-7-14/h4-7,11,18H,3,8-9,17H2,1-2H3,(H,19,21)/b12-11-. The van der Waals surface area contributed by atoms with Gasteiger partial charge in [0.1, 0.15) is 11.6 Å². The van der Waals surface area contributed by atoms with Crippen molar-refractivity contribution in [3.8, 4) is 6.07 Å². The number of hydrogen-bond donors (Lipinski definition) is 3. The summed E-state index contributed by atoms with van der Waals surface area (Å²) in [4.78, 5) is 14.0. The van der Waals surface area contributed by atoms with Gasteiger partial charge in [0.05, 0.1) is 0 Å². The summed E-state index contributed by atoms with van der Waals surface area (Å²) in [6, 6.07) is 8.63. The second-order valence-corrected chi connectivity index (χ2v) is 4.86. The lowest BCUT2D eigenvalue weighted by Crippen LogP contribution is -2.20. The lowest BCUT2D eigenvalue weighted by Gasteiger charge is -2.09. The van der Waals surface area contributed by atoms with Crippen LogP contribution in [0, 0.1) is 11.3 Å². The van der Waals surface area contributed by atoms with Crippen LogP contribution in [0.1, 0.15) is 6.42 Å². The van der Waals surface area contributed by atoms with E-state index in [1.54, 1.807) is 24.3 Å². The van der Waals surface area contributed by atoms with E-state index in [4.69, 9.17) is 11.0 Å². The Hall–Kier alpha value is -2.52. The minimum absolute atomic E-state index is 0.0386. The Labute approximate surface area is 125 Å². The molecule has 1 aromatic rings. The van der Waals surface area contributed by atoms with Crippen LogP contribution in [0.15, 0.2) is 36.0 Å². The summed E-state index contributed by atoms with van der Waals surface area (Å²) in [7, 11) is 3.99. The van der Waals surface area contributed by atoms with Gasteiger partial charge in [-0.25, -0.2) is 0 Å². The molecule has 0 aliphatic rings. The third kappa shape index (κ3) is 6.45. The number of nitriles is 1. The highest BCUT2D eigenvalue weighted by molar-refractivity contribution is 6.06. The Bertz CT molecular complexity index is 528. The van der Waals surface area contributed by atoms with E-state index in [0.29, 0.717) is 17.9 Å². The Morgan fingerprint density at radius 3 is 2.62 bits per heavy atom. The summed E-state index contributed by atoms with van der Waals surface area (Å²) >= 11 is 0. The van der Waals surface area contributed by atoms with Crippen LogP contribution in [0.5, 0.6) is 0 Å². The molecule has 6 nitrogen and oxygen atoms in total. The van der Waals surface area contributed by atoms with Gasteiger partial charge in [-0.15, -0.1) is 0 Å². The number of amides is 1. The fourth-order valence-electron chi connectivity index (χ4n) is 1.59. The number of benzene rings is 1. The normalized spacial score (nSPS) is 11.0. The third-order valence-corrected chi connectivity index (χ3v) is 2.71. The molecule has 1 rings (SSSR count). The molecular formula is C15H21N5O. The zero-order valence-electron chi connectivity index (χ0n) is 12.4. The van der Waals surface area contributed by atoms with Crippen molar-refractivity contribution in [3.05, 3.63) is 36.0 Å². The van der Waals surface area contributed by atoms with Crippen molar-refractivity contribution >= 4 is 17.3 Å². The Kier molecular flexibility index (Phi) is 6.78. The predicted octanol–water partition coefficient (Wildman–Crippen LogP) is 1.16. The quantitative estimate of drug-likeness (QED) is 0.303. The van der Waals surface area contributed by atoms with Crippen molar-refractivity contribution in [1.82, 2.24) is 10.2 Å². The smallest absolute Gasteiger partial charge is 0.267 e. The van der Waals surface area contributed by atoms with E-state index in [9.17, 15) is 4.79 Å². The number of anilines is 2. The van der Waals surface area contributed by atoms with E-state index >= 15 is 0 Å². The molecule has 0 saturated carbocycles. The highest BCUT2D eigenvalue weighted by atomic mass is 16.1. The molecule has 21 heavy (non-hydrogen) atoms. The van der Waals surface area contributed by atoms with E-state index in [2.05, 4.69) is 15.5 Å². The van der Waals surface area contributed by atoms with Crippen molar-refractivity contribution in [2.24, 2.45) is 0 Å². The lowest BCUT2D eigenvalue weighted by molar-refractivity contribution is -0.112. The average Bonchev–Trinajstić information content (AvgIpc) is 2.45. The molecule has 0 radical (unpaired) electrons. The molecule has 1 aromatic carbocycles. The highest BCUT2D eigenvalue weighted by Crippen LogP contribution is 2.11. The van der Waals surface area contributed by atoms with Crippen molar-refractivity contribution in [2.45, 2.75) is 6.42 Å². The SMILES string of the molecule is CN(C)CCCN/C=C(/C#N)C(=O)Nc1ccc(N)cc1. The number of nitrogen functional groups attached to an aromatic ring is 1. The first-order valence-corrected chi connectivity index (χ1v) is 6.68. The fraction of sp³-hybridized carbons (Fsp3) is 0.333. The first-order valence-electron chi connectivity index (χ1n) is 6.68. The summed E-state index contributed by atoms with van der Waals surface area (Å²) in [5.41, 5.74) is 6.82. The highest BCUT2D eigenvalue weighted by Gasteiger charge is 2.08. The first-order chi connectivity index (χ1) is 10.0. The van der Waals surface area contributed by atoms with Crippen LogP contribution in [-0.2, 0) is 4.79 Å². The summed E-state index contributed by atoms with van der Waals surface area (Å²) in [5, 5.41) is 14.6. The molecule has 0 atom stereocenters. The van der Waals surface area contributed by atoms with Gasteiger partial charge in [0, 0.05) is 24.1 Å². The van der Waals surface area contributed by atoms with Gasteiger partial charge in [0.15, 0.2) is 0 Å².